The van der Waals surface area contributed by atoms with E-state index in [0.717, 1.165) is 23.3 Å². The van der Waals surface area contributed by atoms with E-state index in [4.69, 9.17) is 9.47 Å². The van der Waals surface area contributed by atoms with Gasteiger partial charge in [-0.15, -0.1) is 0 Å². The smallest absolute Gasteiger partial charge is 0.273 e. The zero-order valence-corrected chi connectivity index (χ0v) is 19.4. The molecule has 174 valence electrons. The summed E-state index contributed by atoms with van der Waals surface area (Å²) in [4.78, 5) is 15.2. The maximum atomic E-state index is 13.4. The summed E-state index contributed by atoms with van der Waals surface area (Å²) in [6, 6.07) is 14.6. The molecule has 4 rings (SSSR count). The number of carbonyl (C=O) groups excluding carboxylic acids is 1. The monoisotopic (exact) mass is 449 g/mol. The Morgan fingerprint density at radius 1 is 1.15 bits per heavy atom. The second-order valence-electron chi connectivity index (χ2n) is 8.73. The third-order valence-corrected chi connectivity index (χ3v) is 5.91. The summed E-state index contributed by atoms with van der Waals surface area (Å²) in [5, 5.41) is 17.8. The summed E-state index contributed by atoms with van der Waals surface area (Å²) in [6.07, 6.45) is 1.69. The van der Waals surface area contributed by atoms with E-state index < -0.39 is 0 Å². The first-order valence-corrected chi connectivity index (χ1v) is 11.4. The number of methoxy groups -OCH3 is 1. The summed E-state index contributed by atoms with van der Waals surface area (Å²) in [5.41, 5.74) is 3.36. The summed E-state index contributed by atoms with van der Waals surface area (Å²) < 4.78 is 11.2. The highest BCUT2D eigenvalue weighted by Crippen LogP contribution is 2.44. The molecule has 0 spiro atoms. The van der Waals surface area contributed by atoms with Crippen molar-refractivity contribution in [2.45, 2.75) is 32.7 Å². The van der Waals surface area contributed by atoms with Gasteiger partial charge >= 0.3 is 0 Å². The van der Waals surface area contributed by atoms with Crippen molar-refractivity contribution in [1.29, 1.82) is 0 Å². The number of nitrogens with zero attached hydrogens (tertiary/aromatic N) is 2. The van der Waals surface area contributed by atoms with E-state index in [1.807, 2.05) is 41.3 Å². The lowest BCUT2D eigenvalue weighted by Gasteiger charge is -2.26. The molecule has 1 aliphatic heterocycles. The third-order valence-electron chi connectivity index (χ3n) is 5.91. The number of para-hydroxylation sites is 1. The standard InChI is InChI=1S/C26H31N3O4/c1-17(2)12-15-33-19-9-6-8-18(16-19)25-22-23(20-10-4-5-11-21(20)30)27-28-24(22)26(31)29(25)13-7-14-32-3/h4-6,8-11,16-17,25,30H,7,12-15H2,1-3H3,(H,27,28)/t25-/m1/s1. The number of phenolic OH excluding ortho intramolecular Hbond substituents is 1. The van der Waals surface area contributed by atoms with Gasteiger partial charge in [-0.1, -0.05) is 38.1 Å². The number of carbonyl (C=O) groups is 1. The van der Waals surface area contributed by atoms with E-state index >= 15 is 0 Å². The molecule has 0 saturated heterocycles. The zero-order valence-electron chi connectivity index (χ0n) is 19.4. The molecule has 7 nitrogen and oxygen atoms in total. The van der Waals surface area contributed by atoms with E-state index in [9.17, 15) is 9.90 Å². The lowest BCUT2D eigenvalue weighted by Crippen LogP contribution is -2.31. The SMILES string of the molecule is COCCCN1C(=O)c2[nH]nc(-c3ccccc3O)c2[C@H]1c1cccc(OCCC(C)C)c1. The minimum absolute atomic E-state index is 0.105. The maximum absolute atomic E-state index is 13.4. The number of ether oxygens (including phenoxy) is 2. The Morgan fingerprint density at radius 3 is 2.73 bits per heavy atom. The fourth-order valence-corrected chi connectivity index (χ4v) is 4.22. The Balaban J connectivity index is 1.74. The minimum atomic E-state index is -0.341. The summed E-state index contributed by atoms with van der Waals surface area (Å²) >= 11 is 0. The number of hydrogen-bond donors (Lipinski definition) is 2. The average molecular weight is 450 g/mol. The van der Waals surface area contributed by atoms with Crippen molar-refractivity contribution in [3.8, 4) is 22.8 Å². The lowest BCUT2D eigenvalue weighted by molar-refractivity contribution is 0.0723. The first-order valence-electron chi connectivity index (χ1n) is 11.4. The van der Waals surface area contributed by atoms with Crippen molar-refractivity contribution in [2.24, 2.45) is 5.92 Å². The van der Waals surface area contributed by atoms with Gasteiger partial charge in [0.15, 0.2) is 0 Å². The number of aromatic hydroxyl groups is 1. The summed E-state index contributed by atoms with van der Waals surface area (Å²) in [7, 11) is 1.66. The van der Waals surface area contributed by atoms with Gasteiger partial charge < -0.3 is 19.5 Å². The van der Waals surface area contributed by atoms with Crippen LogP contribution in [0, 0.1) is 5.92 Å². The first kappa shape index (κ1) is 22.9. The Bertz CT molecular complexity index is 1110. The number of rotatable bonds is 10. The van der Waals surface area contributed by atoms with Crippen LogP contribution in [0.5, 0.6) is 11.5 Å². The van der Waals surface area contributed by atoms with Gasteiger partial charge in [0.25, 0.3) is 5.91 Å². The van der Waals surface area contributed by atoms with E-state index in [2.05, 4.69) is 24.0 Å². The van der Waals surface area contributed by atoms with Gasteiger partial charge in [0.1, 0.15) is 22.9 Å². The molecule has 1 amide bonds. The van der Waals surface area contributed by atoms with Crippen LogP contribution in [0.4, 0.5) is 0 Å². The number of hydrogen-bond acceptors (Lipinski definition) is 5. The largest absolute Gasteiger partial charge is 0.507 e. The summed E-state index contributed by atoms with van der Waals surface area (Å²) in [5.74, 6) is 1.36. The van der Waals surface area contributed by atoms with Crippen molar-refractivity contribution < 1.29 is 19.4 Å². The molecule has 0 aliphatic carbocycles. The summed E-state index contributed by atoms with van der Waals surface area (Å²) in [6.45, 7) is 6.08. The Hall–Kier alpha value is -3.32. The molecule has 1 aromatic heterocycles. The third kappa shape index (κ3) is 4.73. The van der Waals surface area contributed by atoms with E-state index in [-0.39, 0.29) is 17.7 Å². The van der Waals surface area contributed by atoms with Crippen LogP contribution in [0.25, 0.3) is 11.3 Å². The number of fused-ring (bicyclic) bond motifs is 1. The van der Waals surface area contributed by atoms with E-state index in [0.29, 0.717) is 49.0 Å². The predicted molar refractivity (Wildman–Crippen MR) is 126 cm³/mol. The Morgan fingerprint density at radius 2 is 1.97 bits per heavy atom. The van der Waals surface area contributed by atoms with Crippen molar-refractivity contribution >= 4 is 5.91 Å². The highest BCUT2D eigenvalue weighted by Gasteiger charge is 2.42. The molecule has 0 radical (unpaired) electrons. The van der Waals surface area contributed by atoms with E-state index in [1.165, 1.54) is 0 Å². The van der Waals surface area contributed by atoms with Gasteiger partial charge in [-0.2, -0.15) is 5.10 Å². The molecule has 2 heterocycles. The fraction of sp³-hybridized carbons (Fsp3) is 0.385. The number of nitrogens with one attached hydrogen (secondary N) is 1. The molecule has 0 bridgehead atoms. The Labute approximate surface area is 194 Å². The molecular formula is C26H31N3O4. The van der Waals surface area contributed by atoms with Crippen molar-refractivity contribution in [3.05, 3.63) is 65.4 Å². The number of aromatic amines is 1. The van der Waals surface area contributed by atoms with Gasteiger partial charge in [-0.25, -0.2) is 0 Å². The zero-order chi connectivity index (χ0) is 23.4. The molecule has 33 heavy (non-hydrogen) atoms. The number of aromatic nitrogens is 2. The second kappa shape index (κ2) is 10.1. The van der Waals surface area contributed by atoms with Gasteiger partial charge in [0, 0.05) is 31.4 Å². The molecule has 0 saturated carbocycles. The second-order valence-corrected chi connectivity index (χ2v) is 8.73. The molecule has 3 aromatic rings. The molecular weight excluding hydrogens is 418 g/mol. The van der Waals surface area contributed by atoms with Crippen molar-refractivity contribution in [3.63, 3.8) is 0 Å². The van der Waals surface area contributed by atoms with Gasteiger partial charge in [-0.05, 0) is 48.6 Å². The number of benzene rings is 2. The van der Waals surface area contributed by atoms with Crippen LogP contribution in [0.15, 0.2) is 48.5 Å². The van der Waals surface area contributed by atoms with Crippen LogP contribution in [0.2, 0.25) is 0 Å². The van der Waals surface area contributed by atoms with Gasteiger partial charge in [-0.3, -0.25) is 9.89 Å². The lowest BCUT2D eigenvalue weighted by atomic mass is 9.95. The average Bonchev–Trinajstić information content (AvgIpc) is 3.33. The first-order chi connectivity index (χ1) is 16.0. The molecule has 2 N–H and O–H groups in total. The molecule has 0 unspecified atom stereocenters. The normalized spacial score (nSPS) is 15.3. The van der Waals surface area contributed by atoms with Crippen LogP contribution in [-0.2, 0) is 4.74 Å². The number of H-pyrrole nitrogens is 1. The molecule has 1 aliphatic rings. The number of amides is 1. The molecule has 0 fully saturated rings. The van der Waals surface area contributed by atoms with Crippen LogP contribution >= 0.6 is 0 Å². The highest BCUT2D eigenvalue weighted by atomic mass is 16.5. The van der Waals surface area contributed by atoms with Gasteiger partial charge in [0.05, 0.1) is 12.6 Å². The van der Waals surface area contributed by atoms with E-state index in [1.54, 1.807) is 19.2 Å². The topological polar surface area (TPSA) is 87.7 Å². The predicted octanol–water partition coefficient (Wildman–Crippen LogP) is 4.79. The number of phenols is 1. The van der Waals surface area contributed by atoms with Crippen molar-refractivity contribution in [2.75, 3.05) is 26.9 Å². The van der Waals surface area contributed by atoms with Crippen molar-refractivity contribution in [1.82, 2.24) is 15.1 Å². The Kier molecular flexibility index (Phi) is 6.99. The van der Waals surface area contributed by atoms with Crippen LogP contribution in [0.3, 0.4) is 0 Å². The molecule has 2 aromatic carbocycles. The van der Waals surface area contributed by atoms with Crippen LogP contribution in [0.1, 0.15) is 54.3 Å². The maximum Gasteiger partial charge on any atom is 0.273 e. The van der Waals surface area contributed by atoms with Crippen LogP contribution < -0.4 is 4.74 Å². The quantitative estimate of drug-likeness (QED) is 0.435. The fourth-order valence-electron chi connectivity index (χ4n) is 4.22. The highest BCUT2D eigenvalue weighted by molar-refractivity contribution is 6.00. The van der Waals surface area contributed by atoms with Crippen LogP contribution in [-0.4, -0.2) is 53.0 Å². The molecule has 1 atom stereocenters. The minimum Gasteiger partial charge on any atom is -0.507 e. The molecule has 7 heteroatoms. The van der Waals surface area contributed by atoms with Gasteiger partial charge in [0.2, 0.25) is 0 Å².